The summed E-state index contributed by atoms with van der Waals surface area (Å²) in [4.78, 5) is 19.5. The summed E-state index contributed by atoms with van der Waals surface area (Å²) >= 11 is 0. The summed E-state index contributed by atoms with van der Waals surface area (Å²) in [5.41, 5.74) is 6.02. The Kier molecular flexibility index (Phi) is 2.52. The predicted molar refractivity (Wildman–Crippen MR) is 84.8 cm³/mol. The van der Waals surface area contributed by atoms with Gasteiger partial charge in [-0.15, -0.1) is 0 Å². The molecule has 3 heteroatoms. The van der Waals surface area contributed by atoms with Gasteiger partial charge in [-0.3, -0.25) is 14.7 Å². The third-order valence-corrected chi connectivity index (χ3v) is 4.46. The molecule has 1 amide bonds. The molecule has 0 radical (unpaired) electrons. The molecule has 21 heavy (non-hydrogen) atoms. The highest BCUT2D eigenvalue weighted by atomic mass is 16.2. The van der Waals surface area contributed by atoms with Crippen molar-refractivity contribution in [3.8, 4) is 0 Å². The van der Waals surface area contributed by atoms with Gasteiger partial charge in [0.25, 0.3) is 5.91 Å². The minimum atomic E-state index is 0.0305. The fourth-order valence-electron chi connectivity index (χ4n) is 3.17. The largest absolute Gasteiger partial charge is 0.299 e. The lowest BCUT2D eigenvalue weighted by atomic mass is 10.0. The van der Waals surface area contributed by atoms with E-state index in [2.05, 4.69) is 18.0 Å². The molecule has 0 bridgehead atoms. The number of anilines is 1. The second-order valence-corrected chi connectivity index (χ2v) is 5.81. The molecule has 0 aliphatic carbocycles. The zero-order valence-electron chi connectivity index (χ0n) is 12.1. The van der Waals surface area contributed by atoms with E-state index in [0.717, 1.165) is 23.4 Å². The SMILES string of the molecule is Cc1cc2c(cc1C)C(=O)N1c3ccccc3C[C@H]1C=N2. The average molecular weight is 276 g/mol. The third-order valence-electron chi connectivity index (χ3n) is 4.46. The normalized spacial score (nSPS) is 19.0. The zero-order chi connectivity index (χ0) is 14.6. The Morgan fingerprint density at radius 1 is 1.14 bits per heavy atom. The molecule has 0 saturated carbocycles. The van der Waals surface area contributed by atoms with Crippen LogP contribution >= 0.6 is 0 Å². The van der Waals surface area contributed by atoms with Gasteiger partial charge in [0.2, 0.25) is 0 Å². The van der Waals surface area contributed by atoms with Crippen LogP contribution in [0.4, 0.5) is 11.4 Å². The lowest BCUT2D eigenvalue weighted by Crippen LogP contribution is -2.37. The molecule has 4 rings (SSSR count). The number of fused-ring (bicyclic) bond motifs is 4. The van der Waals surface area contributed by atoms with Gasteiger partial charge in [0.15, 0.2) is 0 Å². The maximum Gasteiger partial charge on any atom is 0.261 e. The highest BCUT2D eigenvalue weighted by molar-refractivity contribution is 6.14. The van der Waals surface area contributed by atoms with E-state index in [9.17, 15) is 4.79 Å². The molecular formula is C18H16N2O. The summed E-state index contributed by atoms with van der Waals surface area (Å²) in [5.74, 6) is 0.0561. The number of carbonyl (C=O) groups excluding carboxylic acids is 1. The Bertz CT molecular complexity index is 792. The molecule has 3 nitrogen and oxygen atoms in total. The predicted octanol–water partition coefficient (Wildman–Crippen LogP) is 3.59. The van der Waals surface area contributed by atoms with Gasteiger partial charge >= 0.3 is 0 Å². The molecule has 2 aliphatic heterocycles. The van der Waals surface area contributed by atoms with Crippen molar-refractivity contribution >= 4 is 23.5 Å². The Balaban J connectivity index is 1.90. The minimum Gasteiger partial charge on any atom is -0.299 e. The smallest absolute Gasteiger partial charge is 0.261 e. The highest BCUT2D eigenvalue weighted by Crippen LogP contribution is 2.37. The second-order valence-electron chi connectivity index (χ2n) is 5.81. The van der Waals surface area contributed by atoms with Crippen LogP contribution in [0.15, 0.2) is 41.4 Å². The number of nitrogens with zero attached hydrogens (tertiary/aromatic N) is 2. The van der Waals surface area contributed by atoms with E-state index in [-0.39, 0.29) is 11.9 Å². The lowest BCUT2D eigenvalue weighted by molar-refractivity contribution is 0.0987. The van der Waals surface area contributed by atoms with Crippen LogP contribution in [-0.2, 0) is 6.42 Å². The summed E-state index contributed by atoms with van der Waals surface area (Å²) in [6.07, 6.45) is 2.76. The van der Waals surface area contributed by atoms with Gasteiger partial charge in [0.1, 0.15) is 0 Å². The van der Waals surface area contributed by atoms with Crippen molar-refractivity contribution in [2.75, 3.05) is 4.90 Å². The Hall–Kier alpha value is -2.42. The van der Waals surface area contributed by atoms with E-state index in [4.69, 9.17) is 0 Å². The number of para-hydroxylation sites is 1. The molecule has 0 unspecified atom stereocenters. The van der Waals surface area contributed by atoms with E-state index in [0.29, 0.717) is 5.56 Å². The van der Waals surface area contributed by atoms with Crippen LogP contribution in [0.1, 0.15) is 27.0 Å². The minimum absolute atomic E-state index is 0.0305. The van der Waals surface area contributed by atoms with Gasteiger partial charge in [-0.1, -0.05) is 18.2 Å². The maximum absolute atomic E-state index is 13.0. The molecule has 104 valence electrons. The number of benzene rings is 2. The van der Waals surface area contributed by atoms with Crippen molar-refractivity contribution in [2.24, 2.45) is 4.99 Å². The highest BCUT2D eigenvalue weighted by Gasteiger charge is 2.35. The number of hydrogen-bond acceptors (Lipinski definition) is 2. The summed E-state index contributed by atoms with van der Waals surface area (Å²) in [5, 5.41) is 0. The molecule has 1 atom stereocenters. The number of carbonyl (C=O) groups is 1. The summed E-state index contributed by atoms with van der Waals surface area (Å²) in [7, 11) is 0. The first-order valence-electron chi connectivity index (χ1n) is 7.22. The van der Waals surface area contributed by atoms with Gasteiger partial charge < -0.3 is 0 Å². The van der Waals surface area contributed by atoms with Gasteiger partial charge in [-0.2, -0.15) is 0 Å². The number of amides is 1. The summed E-state index contributed by atoms with van der Waals surface area (Å²) in [6.45, 7) is 4.09. The maximum atomic E-state index is 13.0. The first kappa shape index (κ1) is 12.3. The fourth-order valence-corrected chi connectivity index (χ4v) is 3.17. The van der Waals surface area contributed by atoms with Crippen LogP contribution in [0.5, 0.6) is 0 Å². The average Bonchev–Trinajstić information content (AvgIpc) is 2.80. The molecule has 0 N–H and O–H groups in total. The van der Waals surface area contributed by atoms with E-state index < -0.39 is 0 Å². The van der Waals surface area contributed by atoms with Crippen molar-refractivity contribution in [3.63, 3.8) is 0 Å². The topological polar surface area (TPSA) is 32.7 Å². The first-order chi connectivity index (χ1) is 10.1. The molecule has 2 aliphatic rings. The van der Waals surface area contributed by atoms with Gasteiger partial charge in [0, 0.05) is 18.3 Å². The second kappa shape index (κ2) is 4.29. The molecule has 2 aromatic carbocycles. The van der Waals surface area contributed by atoms with Crippen molar-refractivity contribution in [1.82, 2.24) is 0 Å². The number of aryl methyl sites for hydroxylation is 2. The number of rotatable bonds is 0. The summed E-state index contributed by atoms with van der Waals surface area (Å²) < 4.78 is 0. The van der Waals surface area contributed by atoms with Crippen molar-refractivity contribution in [3.05, 3.63) is 58.7 Å². The van der Waals surface area contributed by atoms with Crippen molar-refractivity contribution < 1.29 is 4.79 Å². The fraction of sp³-hybridized carbons (Fsp3) is 0.222. The van der Waals surface area contributed by atoms with Crippen LogP contribution in [0.2, 0.25) is 0 Å². The first-order valence-corrected chi connectivity index (χ1v) is 7.22. The molecule has 0 saturated heterocycles. The van der Waals surface area contributed by atoms with Crippen LogP contribution < -0.4 is 4.90 Å². The molecule has 0 fully saturated rings. The standard InChI is InChI=1S/C18H16N2O/c1-11-7-15-16(8-12(11)2)19-10-14-9-13-5-3-4-6-17(13)20(14)18(15)21/h3-8,10,14H,9H2,1-2H3/t14-/m0/s1. The van der Waals surface area contributed by atoms with E-state index in [1.807, 2.05) is 48.4 Å². The van der Waals surface area contributed by atoms with Gasteiger partial charge in [-0.05, 0) is 48.7 Å². The molecular weight excluding hydrogens is 260 g/mol. The zero-order valence-corrected chi connectivity index (χ0v) is 12.1. The lowest BCUT2D eigenvalue weighted by Gasteiger charge is -2.21. The van der Waals surface area contributed by atoms with Gasteiger partial charge in [-0.25, -0.2) is 0 Å². The number of hydrogen-bond donors (Lipinski definition) is 0. The van der Waals surface area contributed by atoms with Gasteiger partial charge in [0.05, 0.1) is 17.3 Å². The summed E-state index contributed by atoms with van der Waals surface area (Å²) in [6, 6.07) is 12.1. The monoisotopic (exact) mass is 276 g/mol. The quantitative estimate of drug-likeness (QED) is 0.723. The van der Waals surface area contributed by atoms with E-state index >= 15 is 0 Å². The van der Waals surface area contributed by atoms with Crippen molar-refractivity contribution in [1.29, 1.82) is 0 Å². The van der Waals surface area contributed by atoms with Crippen molar-refractivity contribution in [2.45, 2.75) is 26.3 Å². The third kappa shape index (κ3) is 1.74. The van der Waals surface area contributed by atoms with Crippen LogP contribution in [-0.4, -0.2) is 18.2 Å². The Morgan fingerprint density at radius 2 is 1.90 bits per heavy atom. The van der Waals surface area contributed by atoms with Crippen LogP contribution in [0, 0.1) is 13.8 Å². The molecule has 0 aromatic heterocycles. The Morgan fingerprint density at radius 3 is 2.76 bits per heavy atom. The molecule has 2 heterocycles. The van der Waals surface area contributed by atoms with Crippen LogP contribution in [0.3, 0.4) is 0 Å². The molecule has 0 spiro atoms. The van der Waals surface area contributed by atoms with E-state index in [1.165, 1.54) is 11.1 Å². The van der Waals surface area contributed by atoms with Crippen LogP contribution in [0.25, 0.3) is 0 Å². The number of aliphatic imine (C=N–C) groups is 1. The Labute approximate surface area is 123 Å². The molecule has 2 aromatic rings. The van der Waals surface area contributed by atoms with E-state index in [1.54, 1.807) is 0 Å².